The lowest BCUT2D eigenvalue weighted by atomic mass is 9.67. The Balaban J connectivity index is 1.85. The molecule has 2 fully saturated rings. The van der Waals surface area contributed by atoms with Gasteiger partial charge in [0.05, 0.1) is 5.60 Å². The molecule has 0 amide bonds. The van der Waals surface area contributed by atoms with Crippen LogP contribution in [0.5, 0.6) is 0 Å². The lowest BCUT2D eigenvalue weighted by Crippen LogP contribution is -2.46. The van der Waals surface area contributed by atoms with Gasteiger partial charge in [-0.25, -0.2) is 0 Å². The van der Waals surface area contributed by atoms with Crippen LogP contribution in [0.3, 0.4) is 0 Å². The molecule has 2 rings (SSSR count). The van der Waals surface area contributed by atoms with Gasteiger partial charge in [-0.05, 0) is 50.4 Å². The van der Waals surface area contributed by atoms with Gasteiger partial charge < -0.3 is 15.6 Å². The molecule has 0 aromatic heterocycles. The maximum atomic E-state index is 8.81. The van der Waals surface area contributed by atoms with Crippen molar-refractivity contribution in [3.8, 4) is 0 Å². The highest BCUT2D eigenvalue weighted by Gasteiger charge is 2.43. The molecule has 17 heavy (non-hydrogen) atoms. The number of aliphatic hydroxyl groups excluding tert-OH is 1. The van der Waals surface area contributed by atoms with Gasteiger partial charge in [0.1, 0.15) is 0 Å². The average molecular weight is 241 g/mol. The summed E-state index contributed by atoms with van der Waals surface area (Å²) >= 11 is 0. The van der Waals surface area contributed by atoms with E-state index in [0.29, 0.717) is 18.6 Å². The number of rotatable bonds is 5. The molecular formula is C14H27NO2. The van der Waals surface area contributed by atoms with Crippen LogP contribution in [-0.4, -0.2) is 30.5 Å². The lowest BCUT2D eigenvalue weighted by molar-refractivity contribution is -0.0878. The second-order valence-electron chi connectivity index (χ2n) is 6.02. The second-order valence-corrected chi connectivity index (χ2v) is 6.02. The molecule has 2 aliphatic carbocycles. The average Bonchev–Trinajstić information content (AvgIpc) is 2.82. The summed E-state index contributed by atoms with van der Waals surface area (Å²) in [5, 5.41) is 8.81. The number of ether oxygens (including phenoxy) is 1. The number of aliphatic hydroxyl groups is 1. The van der Waals surface area contributed by atoms with Crippen LogP contribution in [-0.2, 0) is 4.74 Å². The normalized spacial score (nSPS) is 26.5. The summed E-state index contributed by atoms with van der Waals surface area (Å²) in [6.45, 7) is 1.50. The zero-order valence-electron chi connectivity index (χ0n) is 10.9. The van der Waals surface area contributed by atoms with Crippen LogP contribution in [0.15, 0.2) is 0 Å². The minimum absolute atomic E-state index is 0.0803. The minimum Gasteiger partial charge on any atom is -0.396 e. The zero-order chi connectivity index (χ0) is 12.2. The molecule has 0 radical (unpaired) electrons. The van der Waals surface area contributed by atoms with Gasteiger partial charge in [0.2, 0.25) is 0 Å². The van der Waals surface area contributed by atoms with E-state index in [4.69, 9.17) is 15.6 Å². The first-order valence-electron chi connectivity index (χ1n) is 7.19. The van der Waals surface area contributed by atoms with Gasteiger partial charge in [-0.2, -0.15) is 0 Å². The van der Waals surface area contributed by atoms with Crippen molar-refractivity contribution < 1.29 is 9.84 Å². The van der Waals surface area contributed by atoms with Gasteiger partial charge in [-0.15, -0.1) is 0 Å². The Morgan fingerprint density at radius 3 is 2.18 bits per heavy atom. The summed E-state index contributed by atoms with van der Waals surface area (Å²) < 4.78 is 5.98. The van der Waals surface area contributed by atoms with E-state index in [9.17, 15) is 0 Å². The third-order valence-electron chi connectivity index (χ3n) is 4.97. The van der Waals surface area contributed by atoms with E-state index in [1.165, 1.54) is 38.5 Å². The van der Waals surface area contributed by atoms with Crippen molar-refractivity contribution in [2.75, 3.05) is 19.8 Å². The first-order valence-corrected chi connectivity index (χ1v) is 7.19. The maximum absolute atomic E-state index is 8.81. The molecule has 0 heterocycles. The SMILES string of the molecule is NCC1(OCCCO)CCC2(CCCC2)CC1. The van der Waals surface area contributed by atoms with Gasteiger partial charge in [0, 0.05) is 19.8 Å². The second kappa shape index (κ2) is 5.68. The summed E-state index contributed by atoms with van der Waals surface area (Å²) in [6, 6.07) is 0. The third-order valence-corrected chi connectivity index (χ3v) is 4.97. The Morgan fingerprint density at radius 1 is 1.00 bits per heavy atom. The van der Waals surface area contributed by atoms with Crippen molar-refractivity contribution in [3.05, 3.63) is 0 Å². The third kappa shape index (κ3) is 3.01. The Hall–Kier alpha value is -0.120. The molecule has 3 heteroatoms. The highest BCUT2D eigenvalue weighted by atomic mass is 16.5. The Labute approximate surface area is 105 Å². The fourth-order valence-corrected chi connectivity index (χ4v) is 3.62. The fourth-order valence-electron chi connectivity index (χ4n) is 3.62. The molecule has 3 nitrogen and oxygen atoms in total. The van der Waals surface area contributed by atoms with Crippen LogP contribution in [0.25, 0.3) is 0 Å². The first kappa shape index (κ1) is 13.3. The molecule has 2 aliphatic rings. The molecule has 0 aliphatic heterocycles. The van der Waals surface area contributed by atoms with Crippen LogP contribution >= 0.6 is 0 Å². The molecule has 0 bridgehead atoms. The fraction of sp³-hybridized carbons (Fsp3) is 1.00. The quantitative estimate of drug-likeness (QED) is 0.726. The first-order chi connectivity index (χ1) is 8.24. The van der Waals surface area contributed by atoms with Gasteiger partial charge in [0.15, 0.2) is 0 Å². The van der Waals surface area contributed by atoms with Crippen LogP contribution in [0.4, 0.5) is 0 Å². The van der Waals surface area contributed by atoms with Crippen molar-refractivity contribution in [2.45, 2.75) is 63.4 Å². The standard InChI is InChI=1S/C14H27NO2/c15-12-14(17-11-3-10-16)8-6-13(7-9-14)4-1-2-5-13/h16H,1-12,15H2. The minimum atomic E-state index is -0.0803. The van der Waals surface area contributed by atoms with E-state index in [2.05, 4.69) is 0 Å². The van der Waals surface area contributed by atoms with Crippen molar-refractivity contribution >= 4 is 0 Å². The maximum Gasteiger partial charge on any atom is 0.0804 e. The van der Waals surface area contributed by atoms with E-state index >= 15 is 0 Å². The molecule has 0 unspecified atom stereocenters. The van der Waals surface area contributed by atoms with Crippen molar-refractivity contribution in [2.24, 2.45) is 11.1 Å². The predicted molar refractivity (Wildman–Crippen MR) is 68.8 cm³/mol. The molecule has 100 valence electrons. The van der Waals surface area contributed by atoms with Crippen LogP contribution in [0, 0.1) is 5.41 Å². The van der Waals surface area contributed by atoms with Gasteiger partial charge in [0.25, 0.3) is 0 Å². The summed E-state index contributed by atoms with van der Waals surface area (Å²) in [5.41, 5.74) is 6.48. The van der Waals surface area contributed by atoms with Crippen LogP contribution in [0.1, 0.15) is 57.8 Å². The van der Waals surface area contributed by atoms with Gasteiger partial charge in [-0.1, -0.05) is 12.8 Å². The van der Waals surface area contributed by atoms with E-state index in [-0.39, 0.29) is 12.2 Å². The van der Waals surface area contributed by atoms with Gasteiger partial charge >= 0.3 is 0 Å². The smallest absolute Gasteiger partial charge is 0.0804 e. The molecule has 1 spiro atoms. The van der Waals surface area contributed by atoms with Gasteiger partial charge in [-0.3, -0.25) is 0 Å². The number of hydrogen-bond donors (Lipinski definition) is 2. The van der Waals surface area contributed by atoms with E-state index in [0.717, 1.165) is 19.3 Å². The molecular weight excluding hydrogens is 214 g/mol. The molecule has 0 atom stereocenters. The van der Waals surface area contributed by atoms with Crippen molar-refractivity contribution in [1.82, 2.24) is 0 Å². The Kier molecular flexibility index (Phi) is 4.45. The molecule has 0 aromatic rings. The van der Waals surface area contributed by atoms with Crippen LogP contribution in [0.2, 0.25) is 0 Å². The topological polar surface area (TPSA) is 55.5 Å². The highest BCUT2D eigenvalue weighted by molar-refractivity contribution is 4.96. The number of hydrogen-bond acceptors (Lipinski definition) is 3. The van der Waals surface area contributed by atoms with Crippen molar-refractivity contribution in [1.29, 1.82) is 0 Å². The summed E-state index contributed by atoms with van der Waals surface area (Å²) in [4.78, 5) is 0. The van der Waals surface area contributed by atoms with Crippen molar-refractivity contribution in [3.63, 3.8) is 0 Å². The molecule has 0 saturated heterocycles. The summed E-state index contributed by atoms with van der Waals surface area (Å²) in [7, 11) is 0. The highest BCUT2D eigenvalue weighted by Crippen LogP contribution is 2.51. The monoisotopic (exact) mass is 241 g/mol. The molecule has 3 N–H and O–H groups in total. The van der Waals surface area contributed by atoms with E-state index in [1.807, 2.05) is 0 Å². The zero-order valence-corrected chi connectivity index (χ0v) is 10.9. The number of nitrogens with two attached hydrogens (primary N) is 1. The molecule has 0 aromatic carbocycles. The molecule has 2 saturated carbocycles. The van der Waals surface area contributed by atoms with E-state index in [1.54, 1.807) is 0 Å². The summed E-state index contributed by atoms with van der Waals surface area (Å²) in [6.07, 6.45) is 11.2. The Bertz CT molecular complexity index is 226. The predicted octanol–water partition coefficient (Wildman–Crippen LogP) is 2.22. The largest absolute Gasteiger partial charge is 0.396 e. The van der Waals surface area contributed by atoms with E-state index < -0.39 is 0 Å². The lowest BCUT2D eigenvalue weighted by Gasteiger charge is -2.44. The van der Waals surface area contributed by atoms with Crippen LogP contribution < -0.4 is 5.73 Å². The summed E-state index contributed by atoms with van der Waals surface area (Å²) in [5.74, 6) is 0. The Morgan fingerprint density at radius 2 is 1.65 bits per heavy atom.